The first-order chi connectivity index (χ1) is 40.2. The Bertz CT molecular complexity index is 4520. The van der Waals surface area contributed by atoms with Gasteiger partial charge in [0.25, 0.3) is 0 Å². The number of para-hydroxylation sites is 2. The fourth-order valence-corrected chi connectivity index (χ4v) is 11.1. The smallest absolute Gasteiger partial charge is 0.309 e. The summed E-state index contributed by atoms with van der Waals surface area (Å²) in [5.74, 6) is 0.728. The minimum Gasteiger partial charge on any atom is -0.309 e. The molecule has 13 aromatic rings. The largest absolute Gasteiger partial charge is 0.417 e. The number of hydrogen-bond acceptors (Lipinski definition) is 3. The van der Waals surface area contributed by atoms with E-state index < -0.39 is 58.1 Å². The van der Waals surface area contributed by atoms with Crippen LogP contribution in [-0.4, -0.2) is 24.1 Å². The van der Waals surface area contributed by atoms with Gasteiger partial charge in [0.2, 0.25) is 0 Å². The maximum absolute atomic E-state index is 14.9. The van der Waals surface area contributed by atoms with Crippen LogP contribution in [0.15, 0.2) is 224 Å². The Balaban J connectivity index is 1.11. The molecule has 5 nitrogen and oxygen atoms in total. The highest BCUT2D eigenvalue weighted by Gasteiger charge is 2.40. The molecule has 10 aromatic carbocycles. The van der Waals surface area contributed by atoms with Crippen LogP contribution in [0.1, 0.15) is 22.3 Å². The first-order valence-corrected chi connectivity index (χ1v) is 25.9. The Morgan fingerprint density at radius 2 is 0.690 bits per heavy atom. The first kappa shape index (κ1) is 53.3. The molecule has 3 aromatic heterocycles. The van der Waals surface area contributed by atoms with E-state index >= 15 is 0 Å². The molecule has 0 radical (unpaired) electrons. The van der Waals surface area contributed by atoms with Crippen molar-refractivity contribution < 1.29 is 52.7 Å². The number of alkyl halides is 12. The van der Waals surface area contributed by atoms with Crippen molar-refractivity contribution in [3.63, 3.8) is 0 Å². The van der Waals surface area contributed by atoms with E-state index in [4.69, 9.17) is 15.0 Å². The van der Waals surface area contributed by atoms with E-state index in [2.05, 4.69) is 10.6 Å². The zero-order valence-electron chi connectivity index (χ0n) is 43.1. The molecular weight excluding hydrogens is 1100 g/mol. The van der Waals surface area contributed by atoms with E-state index in [0.717, 1.165) is 33.1 Å². The molecular formula is C67H37F12N5. The highest BCUT2D eigenvalue weighted by Crippen LogP contribution is 2.47. The lowest BCUT2D eigenvalue weighted by atomic mass is 9.94. The maximum atomic E-state index is 14.9. The minimum absolute atomic E-state index is 0.0131. The van der Waals surface area contributed by atoms with Crippen molar-refractivity contribution in [2.75, 3.05) is 0 Å². The fourth-order valence-electron chi connectivity index (χ4n) is 11.1. The molecule has 0 atom stereocenters. The monoisotopic (exact) mass is 1140 g/mol. The third kappa shape index (κ3) is 9.54. The average molecular weight is 1140 g/mol. The van der Waals surface area contributed by atoms with Crippen LogP contribution in [0, 0.1) is 0 Å². The predicted octanol–water partition coefficient (Wildman–Crippen LogP) is 20.1. The number of rotatable bonds is 8. The molecule has 0 saturated carbocycles. The minimum atomic E-state index is -5.29. The second-order valence-electron chi connectivity index (χ2n) is 20.0. The van der Waals surface area contributed by atoms with Crippen molar-refractivity contribution in [3.05, 3.63) is 247 Å². The molecule has 0 aliphatic rings. The molecule has 13 rings (SSSR count). The number of fused-ring (bicyclic) bond motifs is 6. The Labute approximate surface area is 469 Å². The summed E-state index contributed by atoms with van der Waals surface area (Å²) in [4.78, 5) is 15.1. The van der Waals surface area contributed by atoms with Crippen molar-refractivity contribution in [2.45, 2.75) is 24.7 Å². The van der Waals surface area contributed by atoms with Crippen molar-refractivity contribution in [2.24, 2.45) is 0 Å². The molecule has 414 valence electrons. The summed E-state index contributed by atoms with van der Waals surface area (Å²) in [6.45, 7) is 0. The van der Waals surface area contributed by atoms with E-state index in [-0.39, 0.29) is 62.5 Å². The van der Waals surface area contributed by atoms with Gasteiger partial charge in [-0.25, -0.2) is 15.0 Å². The molecule has 17 heteroatoms. The topological polar surface area (TPSA) is 48.5 Å². The van der Waals surface area contributed by atoms with Gasteiger partial charge in [-0.2, -0.15) is 52.7 Å². The van der Waals surface area contributed by atoms with Gasteiger partial charge in [0, 0.05) is 43.9 Å². The van der Waals surface area contributed by atoms with E-state index in [0.29, 0.717) is 52.2 Å². The van der Waals surface area contributed by atoms with Crippen LogP contribution in [0.25, 0.3) is 123 Å². The number of halogens is 12. The van der Waals surface area contributed by atoms with E-state index in [1.165, 1.54) is 36.4 Å². The van der Waals surface area contributed by atoms with Gasteiger partial charge in [-0.15, -0.1) is 0 Å². The lowest BCUT2D eigenvalue weighted by molar-refractivity contribution is -0.144. The van der Waals surface area contributed by atoms with Gasteiger partial charge in [-0.1, -0.05) is 140 Å². The molecule has 0 fully saturated rings. The molecule has 84 heavy (non-hydrogen) atoms. The molecule has 0 amide bonds. The van der Waals surface area contributed by atoms with E-state index in [1.807, 2.05) is 140 Å². The van der Waals surface area contributed by atoms with Gasteiger partial charge in [0.15, 0.2) is 17.5 Å². The predicted molar refractivity (Wildman–Crippen MR) is 301 cm³/mol. The van der Waals surface area contributed by atoms with Gasteiger partial charge >= 0.3 is 24.7 Å². The van der Waals surface area contributed by atoms with Crippen LogP contribution in [0.5, 0.6) is 0 Å². The zero-order chi connectivity index (χ0) is 58.5. The highest BCUT2D eigenvalue weighted by molar-refractivity contribution is 6.13. The van der Waals surface area contributed by atoms with Crippen LogP contribution in [-0.2, 0) is 24.7 Å². The van der Waals surface area contributed by atoms with Gasteiger partial charge in [-0.3, -0.25) is 0 Å². The number of aromatic nitrogens is 5. The maximum Gasteiger partial charge on any atom is 0.417 e. The summed E-state index contributed by atoms with van der Waals surface area (Å²) in [5, 5.41) is 2.24. The molecule has 0 bridgehead atoms. The molecule has 3 heterocycles. The second kappa shape index (κ2) is 19.9. The highest BCUT2D eigenvalue weighted by atomic mass is 19.4. The summed E-state index contributed by atoms with van der Waals surface area (Å²) < 4.78 is 177. The Hall–Kier alpha value is -10.0. The van der Waals surface area contributed by atoms with Crippen LogP contribution < -0.4 is 0 Å². The molecule has 0 N–H and O–H groups in total. The molecule has 0 aliphatic carbocycles. The third-order valence-electron chi connectivity index (χ3n) is 14.9. The summed E-state index contributed by atoms with van der Waals surface area (Å²) in [6, 6.07) is 58.3. The molecule has 0 unspecified atom stereocenters. The standard InChI is InChI=1S/C67H37F12N5/c68-64(69,70)44-24-27-47(54(36-44)66(74,75)76)42-22-30-57-51(33-42)52-34-43(48-28-25-45(65(71,72)73)37-55(48)67(77,78)79)23-31-58(52)84(57)59-29-21-40(41-20-26-50-49-18-10-11-19-56(49)83(60(50)35-41)46-16-8-3-9-17-46)32-53(59)63-81-61(38-12-4-1-5-13-38)80-62(82-63)39-14-6-2-7-15-39/h1-37H. The van der Waals surface area contributed by atoms with Gasteiger partial charge < -0.3 is 9.13 Å². The number of nitrogens with zero attached hydrogens (tertiary/aromatic N) is 5. The summed E-state index contributed by atoms with van der Waals surface area (Å²) in [7, 11) is 0. The molecule has 0 aliphatic heterocycles. The van der Waals surface area contributed by atoms with Gasteiger partial charge in [0.05, 0.1) is 50.0 Å². The summed E-state index contributed by atoms with van der Waals surface area (Å²) >= 11 is 0. The van der Waals surface area contributed by atoms with Crippen molar-refractivity contribution in [3.8, 4) is 78.9 Å². The van der Waals surface area contributed by atoms with Crippen LogP contribution in [0.4, 0.5) is 52.7 Å². The van der Waals surface area contributed by atoms with Crippen LogP contribution >= 0.6 is 0 Å². The Morgan fingerprint density at radius 3 is 1.20 bits per heavy atom. The van der Waals surface area contributed by atoms with E-state index in [1.54, 1.807) is 10.6 Å². The normalized spacial score (nSPS) is 12.5. The molecule has 0 spiro atoms. The average Bonchev–Trinajstić information content (AvgIpc) is 1.75. The number of hydrogen-bond donors (Lipinski definition) is 0. The number of benzene rings is 10. The van der Waals surface area contributed by atoms with Gasteiger partial charge in [0.1, 0.15) is 0 Å². The summed E-state index contributed by atoms with van der Waals surface area (Å²) in [6.07, 6.45) is -20.8. The SMILES string of the molecule is FC(F)(F)c1ccc(-c2ccc3c(c2)c2cc(-c4ccc(C(F)(F)F)cc4C(F)(F)F)ccc2n3-c2ccc(-c3ccc4c5ccccc5n(-c5ccccc5)c4c3)cc2-c2nc(-c3ccccc3)nc(-c3ccccc3)n2)c(C(F)(F)F)c1. The first-order valence-electron chi connectivity index (χ1n) is 25.9. The zero-order valence-corrected chi connectivity index (χ0v) is 43.1. The van der Waals surface area contributed by atoms with Crippen LogP contribution in [0.2, 0.25) is 0 Å². The summed E-state index contributed by atoms with van der Waals surface area (Å²) in [5.41, 5.74) is -1.19. The van der Waals surface area contributed by atoms with Crippen LogP contribution in [0.3, 0.4) is 0 Å². The lowest BCUT2D eigenvalue weighted by Gasteiger charge is -2.18. The second-order valence-corrected chi connectivity index (χ2v) is 20.0. The Kier molecular flexibility index (Phi) is 12.6. The molecule has 0 saturated heterocycles. The lowest BCUT2D eigenvalue weighted by Crippen LogP contribution is -2.12. The van der Waals surface area contributed by atoms with Crippen molar-refractivity contribution in [1.29, 1.82) is 0 Å². The van der Waals surface area contributed by atoms with E-state index in [9.17, 15) is 52.7 Å². The van der Waals surface area contributed by atoms with Gasteiger partial charge in [-0.05, 0) is 118 Å². The quantitative estimate of drug-likeness (QED) is 0.142. The Morgan fingerprint density at radius 1 is 0.262 bits per heavy atom. The van der Waals surface area contributed by atoms with Crippen molar-refractivity contribution in [1.82, 2.24) is 24.1 Å². The van der Waals surface area contributed by atoms with Crippen molar-refractivity contribution >= 4 is 43.6 Å². The third-order valence-corrected chi connectivity index (χ3v) is 14.9. The fraction of sp³-hybridized carbons (Fsp3) is 0.0597.